The van der Waals surface area contributed by atoms with Crippen molar-refractivity contribution in [2.45, 2.75) is 88.9 Å². The van der Waals surface area contributed by atoms with Gasteiger partial charge in [0.15, 0.2) is 0 Å². The van der Waals surface area contributed by atoms with Crippen molar-refractivity contribution in [3.63, 3.8) is 0 Å². The molecule has 0 heterocycles. The van der Waals surface area contributed by atoms with Crippen LogP contribution in [0.25, 0.3) is 0 Å². The monoisotopic (exact) mass is 494 g/mol. The number of allylic oxidation sites excluding steroid dienone is 2. The van der Waals surface area contributed by atoms with E-state index in [1.165, 1.54) is 5.56 Å². The minimum atomic E-state index is -0.540. The highest BCUT2D eigenvalue weighted by Gasteiger charge is 2.40. The molecule has 0 aromatic heterocycles. The summed E-state index contributed by atoms with van der Waals surface area (Å²) in [6.07, 6.45) is 19.8. The van der Waals surface area contributed by atoms with Crippen molar-refractivity contribution in [3.05, 3.63) is 48.0 Å². The molecule has 0 unspecified atom stereocenters. The molecule has 0 amide bonds. The van der Waals surface area contributed by atoms with Gasteiger partial charge in [0.25, 0.3) is 0 Å². The zero-order valence-corrected chi connectivity index (χ0v) is 21.3. The third kappa shape index (κ3) is 11.0. The molecule has 5 nitrogen and oxygen atoms in total. The van der Waals surface area contributed by atoms with E-state index in [0.717, 1.165) is 12.8 Å². The first-order valence-electron chi connectivity index (χ1n) is 13.2. The van der Waals surface area contributed by atoms with Crippen LogP contribution in [0, 0.1) is 42.4 Å². The molecule has 5 atom stereocenters. The summed E-state index contributed by atoms with van der Waals surface area (Å²) < 4.78 is 5.29. The quantitative estimate of drug-likeness (QED) is 0.137. The molecule has 1 fully saturated rings. The second-order valence-corrected chi connectivity index (χ2v) is 9.92. The van der Waals surface area contributed by atoms with Crippen LogP contribution in [0.15, 0.2) is 42.5 Å². The van der Waals surface area contributed by atoms with Crippen LogP contribution in [0.5, 0.6) is 0 Å². The molecule has 1 aliphatic rings. The van der Waals surface area contributed by atoms with E-state index in [9.17, 15) is 20.1 Å². The Morgan fingerprint density at radius 2 is 1.75 bits per heavy atom. The molecule has 1 saturated carbocycles. The number of aliphatic hydroxyl groups is 3. The van der Waals surface area contributed by atoms with Crippen LogP contribution in [0.3, 0.4) is 0 Å². The van der Waals surface area contributed by atoms with Gasteiger partial charge in [-0.1, -0.05) is 42.5 Å². The van der Waals surface area contributed by atoms with Gasteiger partial charge in [-0.05, 0) is 68.8 Å². The summed E-state index contributed by atoms with van der Waals surface area (Å²) >= 11 is 0. The van der Waals surface area contributed by atoms with Gasteiger partial charge in [-0.15, -0.1) is 24.7 Å². The molecule has 0 spiro atoms. The molecule has 3 N–H and O–H groups in total. The molecular formula is C31H42O5. The van der Waals surface area contributed by atoms with Crippen molar-refractivity contribution in [2.24, 2.45) is 17.8 Å². The first-order valence-corrected chi connectivity index (χ1v) is 13.2. The summed E-state index contributed by atoms with van der Waals surface area (Å²) in [5, 5.41) is 31.4. The van der Waals surface area contributed by atoms with Crippen molar-refractivity contribution in [1.29, 1.82) is 0 Å². The fourth-order valence-corrected chi connectivity index (χ4v) is 4.95. The van der Waals surface area contributed by atoms with Gasteiger partial charge in [-0.2, -0.15) is 0 Å². The van der Waals surface area contributed by atoms with Crippen molar-refractivity contribution in [3.8, 4) is 24.7 Å². The van der Waals surface area contributed by atoms with E-state index < -0.39 is 18.3 Å². The number of aryl methyl sites for hydroxylation is 1. The third-order valence-corrected chi connectivity index (χ3v) is 7.08. The zero-order valence-electron chi connectivity index (χ0n) is 21.3. The second-order valence-electron chi connectivity index (χ2n) is 9.92. The van der Waals surface area contributed by atoms with Gasteiger partial charge in [0, 0.05) is 25.2 Å². The van der Waals surface area contributed by atoms with Gasteiger partial charge in [0.05, 0.1) is 24.9 Å². The predicted molar refractivity (Wildman–Crippen MR) is 143 cm³/mol. The van der Waals surface area contributed by atoms with Gasteiger partial charge in [0.1, 0.15) is 0 Å². The maximum Gasteiger partial charge on any atom is 0.305 e. The zero-order chi connectivity index (χ0) is 26.2. The molecule has 0 aliphatic heterocycles. The SMILES string of the molecule is C#CCC(CC#C)COC(=O)CCCC=CC[C@@H]1[C@@H](CC[C@@H](O)CCc2ccccc2)[C@H](O)C[C@H]1O. The number of terminal acetylenes is 2. The molecule has 0 saturated heterocycles. The summed E-state index contributed by atoms with van der Waals surface area (Å²) in [7, 11) is 0. The van der Waals surface area contributed by atoms with E-state index in [1.807, 2.05) is 30.4 Å². The highest BCUT2D eigenvalue weighted by atomic mass is 16.5. The summed E-state index contributed by atoms with van der Waals surface area (Å²) in [5.74, 6) is 4.83. The number of carbonyl (C=O) groups excluding carboxylic acids is 1. The standard InChI is InChI=1S/C31H42O5/c1-3-12-25(13-4-2)23-36-31(35)17-11-6-5-10-16-27-28(30(34)22-29(27)33)21-20-26(32)19-18-24-14-8-7-9-15-24/h1-2,5,7-10,14-15,25-30,32-34H,6,11-13,16-23H2/t26-,27+,28+,29+,30+/m0/s1. The Kier molecular flexibility index (Phi) is 14.0. The number of ether oxygens (including phenoxy) is 1. The number of hydrogen-bond acceptors (Lipinski definition) is 5. The van der Waals surface area contributed by atoms with Crippen molar-refractivity contribution >= 4 is 5.97 Å². The Morgan fingerprint density at radius 1 is 1.06 bits per heavy atom. The lowest BCUT2D eigenvalue weighted by molar-refractivity contribution is -0.145. The van der Waals surface area contributed by atoms with Crippen LogP contribution < -0.4 is 0 Å². The average Bonchev–Trinajstić information content (AvgIpc) is 3.14. The Balaban J connectivity index is 1.66. The molecule has 196 valence electrons. The molecule has 5 heteroatoms. The Labute approximate surface area is 217 Å². The van der Waals surface area contributed by atoms with E-state index in [1.54, 1.807) is 0 Å². The topological polar surface area (TPSA) is 87.0 Å². The number of aliphatic hydroxyl groups excluding tert-OH is 3. The summed E-state index contributed by atoms with van der Waals surface area (Å²) in [5.41, 5.74) is 1.21. The molecule has 1 aromatic rings. The highest BCUT2D eigenvalue weighted by Crippen LogP contribution is 2.38. The Morgan fingerprint density at radius 3 is 2.44 bits per heavy atom. The lowest BCUT2D eigenvalue weighted by Gasteiger charge is -2.23. The summed E-state index contributed by atoms with van der Waals surface area (Å²) in [6, 6.07) is 10.1. The second kappa shape index (κ2) is 17.0. The first-order chi connectivity index (χ1) is 17.4. The van der Waals surface area contributed by atoms with E-state index in [-0.39, 0.29) is 30.3 Å². The molecule has 1 aromatic carbocycles. The number of hydrogen-bond donors (Lipinski definition) is 3. The third-order valence-electron chi connectivity index (χ3n) is 7.08. The van der Waals surface area contributed by atoms with Gasteiger partial charge < -0.3 is 20.1 Å². The maximum atomic E-state index is 11.9. The van der Waals surface area contributed by atoms with Gasteiger partial charge in [-0.3, -0.25) is 4.79 Å². The van der Waals surface area contributed by atoms with Crippen LogP contribution in [0.2, 0.25) is 0 Å². The summed E-state index contributed by atoms with van der Waals surface area (Å²) in [4.78, 5) is 11.9. The van der Waals surface area contributed by atoms with E-state index in [4.69, 9.17) is 17.6 Å². The molecule has 2 rings (SSSR count). The maximum absolute atomic E-state index is 11.9. The van der Waals surface area contributed by atoms with E-state index in [2.05, 4.69) is 24.0 Å². The van der Waals surface area contributed by atoms with Crippen LogP contribution in [-0.4, -0.2) is 46.2 Å². The fraction of sp³-hybridized carbons (Fsp3) is 0.581. The smallest absolute Gasteiger partial charge is 0.305 e. The van der Waals surface area contributed by atoms with Gasteiger partial charge >= 0.3 is 5.97 Å². The highest BCUT2D eigenvalue weighted by molar-refractivity contribution is 5.69. The van der Waals surface area contributed by atoms with Crippen molar-refractivity contribution in [1.82, 2.24) is 0 Å². The number of unbranched alkanes of at least 4 members (excludes halogenated alkanes) is 1. The van der Waals surface area contributed by atoms with Crippen LogP contribution in [-0.2, 0) is 16.0 Å². The number of rotatable bonds is 16. The van der Waals surface area contributed by atoms with Gasteiger partial charge in [0.2, 0.25) is 0 Å². The van der Waals surface area contributed by atoms with Crippen LogP contribution in [0.1, 0.15) is 69.8 Å². The number of esters is 1. The fourth-order valence-electron chi connectivity index (χ4n) is 4.95. The average molecular weight is 495 g/mol. The molecular weight excluding hydrogens is 452 g/mol. The number of benzene rings is 1. The van der Waals surface area contributed by atoms with E-state index in [0.29, 0.717) is 57.8 Å². The number of carbonyl (C=O) groups is 1. The molecule has 0 bridgehead atoms. The lowest BCUT2D eigenvalue weighted by atomic mass is 9.85. The Bertz CT molecular complexity index is 849. The first kappa shape index (κ1) is 29.7. The van der Waals surface area contributed by atoms with Crippen molar-refractivity contribution < 1.29 is 24.9 Å². The minimum Gasteiger partial charge on any atom is -0.465 e. The predicted octanol–water partition coefficient (Wildman–Crippen LogP) is 4.44. The minimum absolute atomic E-state index is 0.00922. The normalized spacial score (nSPS) is 22.4. The molecule has 0 radical (unpaired) electrons. The summed E-state index contributed by atoms with van der Waals surface area (Å²) in [6.45, 7) is 0.257. The largest absolute Gasteiger partial charge is 0.465 e. The molecule has 36 heavy (non-hydrogen) atoms. The van der Waals surface area contributed by atoms with Crippen LogP contribution in [0.4, 0.5) is 0 Å². The molecule has 1 aliphatic carbocycles. The lowest BCUT2D eigenvalue weighted by Crippen LogP contribution is -2.23. The van der Waals surface area contributed by atoms with Gasteiger partial charge in [-0.25, -0.2) is 0 Å². The van der Waals surface area contributed by atoms with Crippen LogP contribution >= 0.6 is 0 Å². The van der Waals surface area contributed by atoms with E-state index >= 15 is 0 Å². The Hall–Kier alpha value is -2.57. The van der Waals surface area contributed by atoms with Crippen molar-refractivity contribution in [2.75, 3.05) is 6.61 Å².